The second-order valence-electron chi connectivity index (χ2n) is 7.52. The van der Waals surface area contributed by atoms with Gasteiger partial charge in [-0.15, -0.1) is 0 Å². The highest BCUT2D eigenvalue weighted by atomic mass is 28.4. The van der Waals surface area contributed by atoms with E-state index in [0.717, 1.165) is 6.04 Å². The molecule has 1 aliphatic rings. The summed E-state index contributed by atoms with van der Waals surface area (Å²) >= 11 is 0. The van der Waals surface area contributed by atoms with Gasteiger partial charge >= 0.3 is 9.28 Å². The van der Waals surface area contributed by atoms with E-state index < -0.39 is 69.3 Å². The summed E-state index contributed by atoms with van der Waals surface area (Å²) in [5, 5.41) is 0. The summed E-state index contributed by atoms with van der Waals surface area (Å²) in [5.41, 5.74) is 0. The molecule has 1 fully saturated rings. The van der Waals surface area contributed by atoms with E-state index in [1.165, 1.54) is 83.5 Å². The lowest BCUT2D eigenvalue weighted by atomic mass is 10.1. The first-order valence-electron chi connectivity index (χ1n) is 11.6. The van der Waals surface area contributed by atoms with Crippen molar-refractivity contribution >= 4 is 69.3 Å². The third kappa shape index (κ3) is 20.9. The number of unbranched alkanes of at least 4 members (excludes halogenated alkanes) is 12. The number of rotatable bonds is 14. The molecule has 0 spiro atoms. The monoisotopic (exact) mass is 532 g/mol. The molecule has 14 heteroatoms. The normalized spacial score (nSPS) is 25.3. The molecule has 1 aliphatic heterocycles. The van der Waals surface area contributed by atoms with Crippen molar-refractivity contribution in [2.45, 2.75) is 96.4 Å². The van der Waals surface area contributed by atoms with Crippen LogP contribution in [0, 0.1) is 0 Å². The molecule has 0 aromatic carbocycles. The average Bonchev–Trinajstić information content (AvgIpc) is 2.73. The lowest BCUT2D eigenvalue weighted by Crippen LogP contribution is -2.31. The van der Waals surface area contributed by atoms with Crippen molar-refractivity contribution in [3.8, 4) is 0 Å². The Morgan fingerprint density at radius 1 is 0.448 bits per heavy atom. The molecule has 1 rings (SSSR count). The van der Waals surface area contributed by atoms with Gasteiger partial charge in [0, 0.05) is 0 Å². The Morgan fingerprint density at radius 3 is 1.21 bits per heavy atom. The molecule has 1 saturated heterocycles. The van der Waals surface area contributed by atoms with Gasteiger partial charge in [-0.05, 0) is 6.04 Å². The van der Waals surface area contributed by atoms with E-state index in [-0.39, 0.29) is 0 Å². The van der Waals surface area contributed by atoms with Gasteiger partial charge in [-0.25, -0.2) is 0 Å². The highest BCUT2D eigenvalue weighted by Crippen LogP contribution is 2.14. The lowest BCUT2D eigenvalue weighted by Gasteiger charge is -2.18. The Balaban J connectivity index is 1.94. The average molecular weight is 533 g/mol. The second kappa shape index (κ2) is 23.9. The van der Waals surface area contributed by atoms with E-state index >= 15 is 0 Å². The van der Waals surface area contributed by atoms with Gasteiger partial charge in [0.2, 0.25) is 0 Å². The molecule has 0 N–H and O–H groups in total. The maximum absolute atomic E-state index is 5.99. The van der Waals surface area contributed by atoms with Crippen LogP contribution in [0.1, 0.15) is 90.4 Å². The van der Waals surface area contributed by atoms with Crippen molar-refractivity contribution in [1.29, 1.82) is 0 Å². The molecule has 7 nitrogen and oxygen atoms in total. The van der Waals surface area contributed by atoms with E-state index in [4.69, 9.17) is 28.8 Å². The summed E-state index contributed by atoms with van der Waals surface area (Å²) in [6, 6.07) is 1.09. The van der Waals surface area contributed by atoms with Crippen molar-refractivity contribution in [2.75, 3.05) is 0 Å². The summed E-state index contributed by atoms with van der Waals surface area (Å²) in [7, 11) is -7.06. The SMILES string of the molecule is CCCCCCCCCCCCCCC[SiH]1O[SiH2]O[SiH2]O[SiH2]O[SiH2]O[SiH2]O[SiH2]O1. The van der Waals surface area contributed by atoms with E-state index in [9.17, 15) is 0 Å². The topological polar surface area (TPSA) is 64.6 Å². The summed E-state index contributed by atoms with van der Waals surface area (Å²) in [6.45, 7) is 2.28. The van der Waals surface area contributed by atoms with Gasteiger partial charge in [0.25, 0.3) is 60.0 Å². The molecule has 0 unspecified atom stereocenters. The van der Waals surface area contributed by atoms with Crippen molar-refractivity contribution in [2.24, 2.45) is 0 Å². The van der Waals surface area contributed by atoms with Gasteiger partial charge in [0.05, 0.1) is 0 Å². The van der Waals surface area contributed by atoms with Crippen LogP contribution in [0.4, 0.5) is 0 Å². The minimum atomic E-state index is -1.60. The van der Waals surface area contributed by atoms with Gasteiger partial charge in [-0.2, -0.15) is 0 Å². The Hall–Kier alpha value is 1.24. The van der Waals surface area contributed by atoms with Crippen LogP contribution in [-0.2, 0) is 28.8 Å². The maximum atomic E-state index is 5.99. The Labute approximate surface area is 194 Å². The maximum Gasteiger partial charge on any atom is 0.303 e. The van der Waals surface area contributed by atoms with Crippen molar-refractivity contribution in [1.82, 2.24) is 0 Å². The standard InChI is InChI=1S/C15H44O7Si7/c1-2-3-4-5-6-7-8-9-10-11-12-13-14-15-29-21-27-19-25-17-23-16-24-18-26-20-28-22-29/h29H,2-15,23-28H2,1H3. The molecular formula is C15H44O7Si7. The van der Waals surface area contributed by atoms with Crippen LogP contribution in [0.5, 0.6) is 0 Å². The van der Waals surface area contributed by atoms with E-state index in [1.807, 2.05) is 0 Å². The summed E-state index contributed by atoms with van der Waals surface area (Å²) < 4.78 is 39.7. The van der Waals surface area contributed by atoms with Crippen molar-refractivity contribution < 1.29 is 28.8 Å². The summed E-state index contributed by atoms with van der Waals surface area (Å²) in [6.07, 6.45) is 18.0. The van der Waals surface area contributed by atoms with Crippen LogP contribution in [0.15, 0.2) is 0 Å². The molecule has 0 saturated carbocycles. The highest BCUT2D eigenvalue weighted by molar-refractivity contribution is 6.58. The third-order valence-corrected chi connectivity index (χ3v) is 16.5. The Morgan fingerprint density at radius 2 is 0.793 bits per heavy atom. The first kappa shape index (κ1) is 28.3. The van der Waals surface area contributed by atoms with Gasteiger partial charge in [-0.3, -0.25) is 0 Å². The molecule has 174 valence electrons. The van der Waals surface area contributed by atoms with E-state index in [2.05, 4.69) is 6.92 Å². The molecule has 0 atom stereocenters. The highest BCUT2D eigenvalue weighted by Gasteiger charge is 2.13. The molecule has 0 aromatic heterocycles. The van der Waals surface area contributed by atoms with E-state index in [0.29, 0.717) is 0 Å². The molecule has 0 aromatic rings. The molecule has 0 radical (unpaired) electrons. The van der Waals surface area contributed by atoms with Crippen LogP contribution in [0.2, 0.25) is 6.04 Å². The predicted molar refractivity (Wildman–Crippen MR) is 137 cm³/mol. The zero-order valence-electron chi connectivity index (χ0n) is 18.6. The Kier molecular flexibility index (Phi) is 23.3. The van der Waals surface area contributed by atoms with Gasteiger partial charge in [0.1, 0.15) is 0 Å². The summed E-state index contributed by atoms with van der Waals surface area (Å²) in [5.74, 6) is 0. The fourth-order valence-corrected chi connectivity index (χ4v) is 17.6. The molecule has 29 heavy (non-hydrogen) atoms. The summed E-state index contributed by atoms with van der Waals surface area (Å²) in [4.78, 5) is 0. The first-order valence-corrected chi connectivity index (χ1v) is 20.2. The first-order chi connectivity index (χ1) is 14.4. The fraction of sp³-hybridized carbons (Fsp3) is 1.00. The minimum absolute atomic E-state index is 0.882. The Bertz CT molecular complexity index is 323. The zero-order valence-corrected chi connectivity index (χ0v) is 28.2. The molecule has 0 aliphatic carbocycles. The fourth-order valence-electron chi connectivity index (χ4n) is 3.20. The van der Waals surface area contributed by atoms with Gasteiger partial charge < -0.3 is 28.8 Å². The number of hydrogen-bond acceptors (Lipinski definition) is 7. The number of hydrogen-bond donors (Lipinski definition) is 0. The van der Waals surface area contributed by atoms with Crippen molar-refractivity contribution in [3.05, 3.63) is 0 Å². The van der Waals surface area contributed by atoms with Crippen LogP contribution >= 0.6 is 0 Å². The van der Waals surface area contributed by atoms with E-state index in [1.54, 1.807) is 0 Å². The van der Waals surface area contributed by atoms with Crippen LogP contribution in [0.25, 0.3) is 0 Å². The van der Waals surface area contributed by atoms with Crippen molar-refractivity contribution in [3.63, 3.8) is 0 Å². The minimum Gasteiger partial charge on any atom is -0.425 e. The zero-order chi connectivity index (χ0) is 20.7. The molecule has 0 amide bonds. The third-order valence-electron chi connectivity index (χ3n) is 4.88. The van der Waals surface area contributed by atoms with Crippen LogP contribution < -0.4 is 0 Å². The van der Waals surface area contributed by atoms with Crippen LogP contribution in [0.3, 0.4) is 0 Å². The predicted octanol–water partition coefficient (Wildman–Crippen LogP) is -0.579. The molecular weight excluding hydrogens is 489 g/mol. The quantitative estimate of drug-likeness (QED) is 0.219. The molecule has 1 heterocycles. The van der Waals surface area contributed by atoms with Gasteiger partial charge in [0.15, 0.2) is 0 Å². The smallest absolute Gasteiger partial charge is 0.303 e. The second-order valence-corrected chi connectivity index (χ2v) is 21.2. The van der Waals surface area contributed by atoms with Gasteiger partial charge in [-0.1, -0.05) is 90.4 Å². The van der Waals surface area contributed by atoms with Crippen LogP contribution in [-0.4, -0.2) is 69.3 Å². The largest absolute Gasteiger partial charge is 0.425 e. The lowest BCUT2D eigenvalue weighted by molar-refractivity contribution is 0.335. The molecule has 0 bridgehead atoms.